The lowest BCUT2D eigenvalue weighted by molar-refractivity contribution is -0.148. The van der Waals surface area contributed by atoms with Gasteiger partial charge in [-0.3, -0.25) is 9.69 Å². The Hall–Kier alpha value is -2.32. The average molecular weight is 398 g/mol. The highest BCUT2D eigenvalue weighted by atomic mass is 35.5. The molecule has 1 aromatic rings. The van der Waals surface area contributed by atoms with Crippen molar-refractivity contribution in [3.05, 3.63) is 34.9 Å². The number of urea groups is 1. The van der Waals surface area contributed by atoms with Crippen molar-refractivity contribution in [3.8, 4) is 0 Å². The molecule has 0 bridgehead atoms. The molecule has 1 saturated heterocycles. The first-order valence-corrected chi connectivity index (χ1v) is 9.12. The number of ether oxygens (including phenoxy) is 1. The van der Waals surface area contributed by atoms with Gasteiger partial charge in [0.15, 0.2) is 0 Å². The number of rotatable bonds is 7. The Morgan fingerprint density at radius 1 is 1.26 bits per heavy atom. The molecule has 9 heteroatoms. The van der Waals surface area contributed by atoms with E-state index in [2.05, 4.69) is 5.32 Å². The number of aliphatic carboxylic acids is 1. The van der Waals surface area contributed by atoms with Crippen molar-refractivity contribution in [1.82, 2.24) is 15.1 Å². The van der Waals surface area contributed by atoms with Crippen molar-refractivity contribution in [1.29, 1.82) is 0 Å². The van der Waals surface area contributed by atoms with Crippen LogP contribution in [0.15, 0.2) is 24.3 Å². The highest BCUT2D eigenvalue weighted by Crippen LogP contribution is 2.26. The van der Waals surface area contributed by atoms with Crippen molar-refractivity contribution in [2.45, 2.75) is 18.9 Å². The van der Waals surface area contributed by atoms with Crippen LogP contribution in [0.2, 0.25) is 5.02 Å². The monoisotopic (exact) mass is 397 g/mol. The van der Waals surface area contributed by atoms with Crippen LogP contribution in [0.4, 0.5) is 4.79 Å². The minimum absolute atomic E-state index is 0.0223. The van der Waals surface area contributed by atoms with Crippen molar-refractivity contribution in [3.63, 3.8) is 0 Å². The summed E-state index contributed by atoms with van der Waals surface area (Å²) in [5, 5.41) is 11.9. The molecule has 0 radical (unpaired) electrons. The fraction of sp³-hybridized carbons (Fsp3) is 0.500. The summed E-state index contributed by atoms with van der Waals surface area (Å²) in [4.78, 5) is 38.6. The summed E-state index contributed by atoms with van der Waals surface area (Å²) in [7, 11) is 1.35. The fourth-order valence-corrected chi connectivity index (χ4v) is 3.21. The number of benzene rings is 1. The second-order valence-electron chi connectivity index (χ2n) is 6.23. The van der Waals surface area contributed by atoms with Crippen LogP contribution < -0.4 is 5.32 Å². The fourth-order valence-electron chi connectivity index (χ4n) is 3.01. The van der Waals surface area contributed by atoms with Gasteiger partial charge in [0.1, 0.15) is 6.04 Å². The molecule has 27 heavy (non-hydrogen) atoms. The maximum atomic E-state index is 12.3. The molecular weight excluding hydrogens is 374 g/mol. The smallest absolute Gasteiger partial charge is 0.327 e. The second kappa shape index (κ2) is 10.1. The summed E-state index contributed by atoms with van der Waals surface area (Å²) in [6.07, 6.45) is 0.411. The summed E-state index contributed by atoms with van der Waals surface area (Å²) in [5.41, 5.74) is 0.751. The highest BCUT2D eigenvalue weighted by molar-refractivity contribution is 6.30. The van der Waals surface area contributed by atoms with Crippen LogP contribution in [0.5, 0.6) is 0 Å². The lowest BCUT2D eigenvalue weighted by Gasteiger charge is -2.38. The van der Waals surface area contributed by atoms with Gasteiger partial charge in [-0.1, -0.05) is 23.7 Å². The lowest BCUT2D eigenvalue weighted by atomic mass is 10.0. The third-order valence-corrected chi connectivity index (χ3v) is 4.63. The van der Waals surface area contributed by atoms with Gasteiger partial charge in [-0.15, -0.1) is 0 Å². The van der Waals surface area contributed by atoms with Gasteiger partial charge in [-0.25, -0.2) is 9.59 Å². The maximum Gasteiger partial charge on any atom is 0.327 e. The van der Waals surface area contributed by atoms with Crippen molar-refractivity contribution >= 4 is 29.6 Å². The predicted octanol–water partition coefficient (Wildman–Crippen LogP) is 1.75. The zero-order valence-corrected chi connectivity index (χ0v) is 15.9. The number of carbonyl (C=O) groups excluding carboxylic acids is 2. The van der Waals surface area contributed by atoms with E-state index in [0.29, 0.717) is 44.2 Å². The number of halogens is 1. The molecule has 1 heterocycles. The van der Waals surface area contributed by atoms with Gasteiger partial charge in [0.25, 0.3) is 0 Å². The largest absolute Gasteiger partial charge is 0.481 e. The van der Waals surface area contributed by atoms with Crippen molar-refractivity contribution in [2.75, 3.05) is 39.8 Å². The van der Waals surface area contributed by atoms with E-state index in [1.165, 1.54) is 7.11 Å². The van der Waals surface area contributed by atoms with E-state index in [4.69, 9.17) is 21.4 Å². The summed E-state index contributed by atoms with van der Waals surface area (Å²) in [6, 6.07) is 6.30. The standard InChI is InChI=1S/C18H24ClN3O5/c1-27-17(25)16(13-4-2-5-14(19)12-13)21-8-10-22(11-9-21)18(26)20-7-3-6-15(23)24/h2,4-5,12,16H,3,6-11H2,1H3,(H,20,26)(H,23,24). The number of piperazine rings is 1. The van der Waals surface area contributed by atoms with E-state index in [-0.39, 0.29) is 18.4 Å². The van der Waals surface area contributed by atoms with Gasteiger partial charge in [0.2, 0.25) is 0 Å². The second-order valence-corrected chi connectivity index (χ2v) is 6.67. The predicted molar refractivity (Wildman–Crippen MR) is 99.6 cm³/mol. The SMILES string of the molecule is COC(=O)C(c1cccc(Cl)c1)N1CCN(C(=O)NCCCC(=O)O)CC1. The topological polar surface area (TPSA) is 99.2 Å². The molecule has 2 amide bonds. The minimum Gasteiger partial charge on any atom is -0.481 e. The minimum atomic E-state index is -0.882. The van der Waals surface area contributed by atoms with Crippen molar-refractivity contribution in [2.24, 2.45) is 0 Å². The summed E-state index contributed by atoms with van der Waals surface area (Å²) >= 11 is 6.05. The van der Waals surface area contributed by atoms with Crippen LogP contribution in [0.25, 0.3) is 0 Å². The van der Waals surface area contributed by atoms with Gasteiger partial charge in [-0.2, -0.15) is 0 Å². The third-order valence-electron chi connectivity index (χ3n) is 4.40. The number of hydrogen-bond acceptors (Lipinski definition) is 5. The van der Waals surface area contributed by atoms with Crippen LogP contribution in [-0.2, 0) is 14.3 Å². The Balaban J connectivity index is 1.92. The Morgan fingerprint density at radius 3 is 2.56 bits per heavy atom. The number of methoxy groups -OCH3 is 1. The van der Waals surface area contributed by atoms with Crippen LogP contribution in [-0.4, -0.2) is 72.7 Å². The van der Waals surface area contributed by atoms with Crippen molar-refractivity contribution < 1.29 is 24.2 Å². The Kier molecular flexibility index (Phi) is 7.87. The van der Waals surface area contributed by atoms with Crippen LogP contribution >= 0.6 is 11.6 Å². The summed E-state index contributed by atoms with van der Waals surface area (Å²) < 4.78 is 4.95. The Labute approximate surface area is 163 Å². The first-order chi connectivity index (χ1) is 12.9. The normalized spacial score (nSPS) is 15.9. The van der Waals surface area contributed by atoms with E-state index in [1.54, 1.807) is 23.1 Å². The quantitative estimate of drug-likeness (QED) is 0.537. The molecule has 1 fully saturated rings. The highest BCUT2D eigenvalue weighted by Gasteiger charge is 2.32. The number of amides is 2. The first kappa shape index (κ1) is 21.0. The molecule has 1 aliphatic rings. The number of carbonyl (C=O) groups is 3. The number of nitrogens with zero attached hydrogens (tertiary/aromatic N) is 2. The van der Waals surface area contributed by atoms with Gasteiger partial charge in [0.05, 0.1) is 7.11 Å². The van der Waals surface area contributed by atoms with Gasteiger partial charge < -0.3 is 20.1 Å². The lowest BCUT2D eigenvalue weighted by Crippen LogP contribution is -2.53. The molecular formula is C18H24ClN3O5. The summed E-state index contributed by atoms with van der Waals surface area (Å²) in [6.45, 7) is 2.25. The third kappa shape index (κ3) is 6.11. The van der Waals surface area contributed by atoms with Crippen LogP contribution in [0, 0.1) is 0 Å². The molecule has 0 aromatic heterocycles. The van der Waals surface area contributed by atoms with Crippen LogP contribution in [0.3, 0.4) is 0 Å². The van der Waals surface area contributed by atoms with E-state index in [0.717, 1.165) is 5.56 Å². The molecule has 0 spiro atoms. The van der Waals surface area contributed by atoms with Gasteiger partial charge >= 0.3 is 18.0 Å². The van der Waals surface area contributed by atoms with Gasteiger partial charge in [0, 0.05) is 44.2 Å². The zero-order chi connectivity index (χ0) is 19.8. The maximum absolute atomic E-state index is 12.3. The molecule has 148 valence electrons. The van der Waals surface area contributed by atoms with E-state index < -0.39 is 12.0 Å². The molecule has 1 aromatic carbocycles. The first-order valence-electron chi connectivity index (χ1n) is 8.74. The van der Waals surface area contributed by atoms with E-state index in [1.807, 2.05) is 11.0 Å². The number of hydrogen-bond donors (Lipinski definition) is 2. The molecule has 1 aliphatic heterocycles. The van der Waals surface area contributed by atoms with Crippen LogP contribution in [0.1, 0.15) is 24.4 Å². The van der Waals surface area contributed by atoms with Gasteiger partial charge in [-0.05, 0) is 24.1 Å². The Morgan fingerprint density at radius 2 is 1.96 bits per heavy atom. The molecule has 0 saturated carbocycles. The average Bonchev–Trinajstić information content (AvgIpc) is 2.65. The molecule has 2 rings (SSSR count). The zero-order valence-electron chi connectivity index (χ0n) is 15.2. The summed E-state index contributed by atoms with van der Waals surface area (Å²) in [5.74, 6) is -1.25. The number of nitrogens with one attached hydrogen (secondary N) is 1. The number of carboxylic acids is 1. The molecule has 0 aliphatic carbocycles. The molecule has 2 N–H and O–H groups in total. The molecule has 8 nitrogen and oxygen atoms in total. The molecule has 1 unspecified atom stereocenters. The van der Waals surface area contributed by atoms with E-state index in [9.17, 15) is 14.4 Å². The number of carboxylic acid groups (broad SMARTS) is 1. The number of esters is 1. The molecule has 1 atom stereocenters. The Bertz CT molecular complexity index is 677. The van der Waals surface area contributed by atoms with E-state index >= 15 is 0 Å².